The van der Waals surface area contributed by atoms with Gasteiger partial charge in [0.15, 0.2) is 0 Å². The fourth-order valence-corrected chi connectivity index (χ4v) is 3.71. The number of aromatic nitrogens is 3. The number of carbonyl (C=O) groups is 1. The Labute approximate surface area is 188 Å². The zero-order valence-corrected chi connectivity index (χ0v) is 18.6. The molecule has 0 unspecified atom stereocenters. The molecule has 8 nitrogen and oxygen atoms in total. The van der Waals surface area contributed by atoms with E-state index in [1.807, 2.05) is 13.8 Å². The Kier molecular flexibility index (Phi) is 6.89. The third-order valence-electron chi connectivity index (χ3n) is 4.92. The van der Waals surface area contributed by atoms with Gasteiger partial charge in [-0.1, -0.05) is 43.3 Å². The minimum absolute atomic E-state index is 0.0404. The minimum atomic E-state index is -4.42. The molecule has 1 aromatic heterocycles. The number of nitrogens with zero attached hydrogens (tertiary/aromatic N) is 3. The van der Waals surface area contributed by atoms with Gasteiger partial charge in [0.1, 0.15) is 11.7 Å². The van der Waals surface area contributed by atoms with Gasteiger partial charge in [0.25, 0.3) is 0 Å². The number of alkyl halides is 3. The highest BCUT2D eigenvalue weighted by atomic mass is 32.2. The number of nitrogens with two attached hydrogens (primary N) is 1. The van der Waals surface area contributed by atoms with Crippen LogP contribution in [0.3, 0.4) is 0 Å². The predicted molar refractivity (Wildman–Crippen MR) is 114 cm³/mol. The minimum Gasteiger partial charge on any atom is -0.350 e. The lowest BCUT2D eigenvalue weighted by Crippen LogP contribution is -2.35. The molecule has 3 rings (SSSR count). The van der Waals surface area contributed by atoms with Crippen LogP contribution in [0.2, 0.25) is 0 Å². The molecule has 0 bridgehead atoms. The zero-order chi connectivity index (χ0) is 24.4. The summed E-state index contributed by atoms with van der Waals surface area (Å²) >= 11 is 0. The number of rotatable bonds is 7. The van der Waals surface area contributed by atoms with E-state index in [9.17, 15) is 26.4 Å². The Hall–Kier alpha value is -3.25. The molecule has 0 aliphatic rings. The summed E-state index contributed by atoms with van der Waals surface area (Å²) in [6, 6.07) is 9.59. The van der Waals surface area contributed by atoms with Gasteiger partial charge < -0.3 is 5.32 Å². The third-order valence-corrected chi connectivity index (χ3v) is 5.85. The number of nitrogens with one attached hydrogen (secondary N) is 1. The van der Waals surface area contributed by atoms with Gasteiger partial charge in [-0.3, -0.25) is 4.79 Å². The van der Waals surface area contributed by atoms with E-state index in [1.165, 1.54) is 41.1 Å². The van der Waals surface area contributed by atoms with Crippen molar-refractivity contribution in [2.45, 2.75) is 37.5 Å². The van der Waals surface area contributed by atoms with Crippen LogP contribution in [0, 0.1) is 5.92 Å². The van der Waals surface area contributed by atoms with Crippen molar-refractivity contribution in [3.63, 3.8) is 0 Å². The molecule has 33 heavy (non-hydrogen) atoms. The number of hydrogen-bond acceptors (Lipinski definition) is 5. The third kappa shape index (κ3) is 5.96. The predicted octanol–water partition coefficient (Wildman–Crippen LogP) is 3.12. The fraction of sp³-hybridized carbons (Fsp3) is 0.286. The van der Waals surface area contributed by atoms with E-state index in [4.69, 9.17) is 5.14 Å². The molecule has 3 aromatic rings. The van der Waals surface area contributed by atoms with E-state index < -0.39 is 27.8 Å². The van der Waals surface area contributed by atoms with Crippen molar-refractivity contribution in [2.75, 3.05) is 0 Å². The molecule has 1 heterocycles. The molecule has 12 heteroatoms. The maximum Gasteiger partial charge on any atom is 0.416 e. The summed E-state index contributed by atoms with van der Waals surface area (Å²) in [5.74, 6) is -0.539. The SMILES string of the molecule is CC(C)[C@@H](C(=O)NCc1ccc(C(F)(F)F)cc1)n1cc(-c2ccc(S(N)(=O)=O)cc2)nn1. The van der Waals surface area contributed by atoms with Gasteiger partial charge in [-0.25, -0.2) is 18.2 Å². The van der Waals surface area contributed by atoms with E-state index in [0.717, 1.165) is 12.1 Å². The normalized spacial score (nSPS) is 13.2. The van der Waals surface area contributed by atoms with Crippen molar-refractivity contribution in [3.05, 3.63) is 65.9 Å². The largest absolute Gasteiger partial charge is 0.416 e. The number of carbonyl (C=O) groups excluding carboxylic acids is 1. The number of halogens is 3. The van der Waals surface area contributed by atoms with Crippen molar-refractivity contribution in [3.8, 4) is 11.3 Å². The second kappa shape index (κ2) is 9.32. The number of sulfonamides is 1. The Balaban J connectivity index is 1.72. The van der Waals surface area contributed by atoms with Gasteiger partial charge in [-0.2, -0.15) is 13.2 Å². The second-order valence-electron chi connectivity index (χ2n) is 7.75. The maximum atomic E-state index is 12.8. The van der Waals surface area contributed by atoms with Gasteiger partial charge in [0.2, 0.25) is 15.9 Å². The van der Waals surface area contributed by atoms with E-state index in [1.54, 1.807) is 6.20 Å². The first kappa shape index (κ1) is 24.4. The fourth-order valence-electron chi connectivity index (χ4n) is 3.19. The molecule has 2 aromatic carbocycles. The van der Waals surface area contributed by atoms with Crippen LogP contribution in [0.1, 0.15) is 31.0 Å². The lowest BCUT2D eigenvalue weighted by Gasteiger charge is -2.20. The van der Waals surface area contributed by atoms with E-state index in [-0.39, 0.29) is 23.3 Å². The molecule has 0 spiro atoms. The number of amides is 1. The van der Waals surface area contributed by atoms with Gasteiger partial charge in [-0.15, -0.1) is 5.10 Å². The Morgan fingerprint density at radius 3 is 2.21 bits per heavy atom. The molecular formula is C21H22F3N5O3S. The number of benzene rings is 2. The molecule has 3 N–H and O–H groups in total. The van der Waals surface area contributed by atoms with Crippen LogP contribution in [-0.4, -0.2) is 29.3 Å². The van der Waals surface area contributed by atoms with Gasteiger partial charge in [0.05, 0.1) is 16.7 Å². The summed E-state index contributed by atoms with van der Waals surface area (Å²) in [4.78, 5) is 12.8. The Morgan fingerprint density at radius 2 is 1.70 bits per heavy atom. The summed E-state index contributed by atoms with van der Waals surface area (Å²) < 4.78 is 62.3. The first-order valence-electron chi connectivity index (χ1n) is 9.85. The zero-order valence-electron chi connectivity index (χ0n) is 17.7. The Bertz CT molecular complexity index is 1220. The molecule has 0 aliphatic carbocycles. The first-order valence-corrected chi connectivity index (χ1v) is 11.4. The second-order valence-corrected chi connectivity index (χ2v) is 9.32. The molecule has 0 saturated carbocycles. The number of hydrogen-bond donors (Lipinski definition) is 2. The molecule has 0 fully saturated rings. The standard InChI is InChI=1S/C21H22F3N5O3S/c1-13(2)19(20(30)26-11-14-3-7-16(8-4-14)21(22,23)24)29-12-18(27-28-29)15-5-9-17(10-6-15)33(25,31)32/h3-10,12-13,19H,11H2,1-2H3,(H,26,30)(H2,25,31,32)/t19-/m0/s1. The first-order chi connectivity index (χ1) is 15.4. The lowest BCUT2D eigenvalue weighted by molar-refractivity contribution is -0.137. The average Bonchev–Trinajstić information content (AvgIpc) is 3.21. The summed E-state index contributed by atoms with van der Waals surface area (Å²) in [7, 11) is -3.82. The lowest BCUT2D eigenvalue weighted by atomic mass is 10.0. The van der Waals surface area contributed by atoms with Crippen LogP contribution in [-0.2, 0) is 27.5 Å². The molecule has 176 valence electrons. The molecule has 0 radical (unpaired) electrons. The van der Waals surface area contributed by atoms with Crippen LogP contribution in [0.25, 0.3) is 11.3 Å². The highest BCUT2D eigenvalue weighted by Gasteiger charge is 2.30. The van der Waals surface area contributed by atoms with Gasteiger partial charge in [-0.05, 0) is 35.7 Å². The van der Waals surface area contributed by atoms with E-state index in [2.05, 4.69) is 15.6 Å². The highest BCUT2D eigenvalue weighted by molar-refractivity contribution is 7.89. The summed E-state index contributed by atoms with van der Waals surface area (Å²) in [5, 5.41) is 15.9. The Morgan fingerprint density at radius 1 is 1.09 bits per heavy atom. The van der Waals surface area contributed by atoms with E-state index in [0.29, 0.717) is 16.8 Å². The van der Waals surface area contributed by atoms with Crippen LogP contribution in [0.4, 0.5) is 13.2 Å². The van der Waals surface area contributed by atoms with Crippen LogP contribution in [0.15, 0.2) is 59.6 Å². The smallest absolute Gasteiger partial charge is 0.350 e. The highest BCUT2D eigenvalue weighted by Crippen LogP contribution is 2.29. The van der Waals surface area contributed by atoms with Crippen LogP contribution in [0.5, 0.6) is 0 Å². The molecule has 1 amide bonds. The summed E-state index contributed by atoms with van der Waals surface area (Å²) in [5.41, 5.74) is 0.774. The number of primary sulfonamides is 1. The molecule has 0 aliphatic heterocycles. The van der Waals surface area contributed by atoms with Gasteiger partial charge in [0, 0.05) is 12.1 Å². The van der Waals surface area contributed by atoms with Crippen molar-refractivity contribution < 1.29 is 26.4 Å². The van der Waals surface area contributed by atoms with E-state index >= 15 is 0 Å². The molecular weight excluding hydrogens is 459 g/mol. The maximum absolute atomic E-state index is 12.8. The van der Waals surface area contributed by atoms with Crippen molar-refractivity contribution >= 4 is 15.9 Å². The van der Waals surface area contributed by atoms with Crippen molar-refractivity contribution in [1.82, 2.24) is 20.3 Å². The summed E-state index contributed by atoms with van der Waals surface area (Å²) in [6.07, 6.45) is -2.86. The van der Waals surface area contributed by atoms with Crippen LogP contribution >= 0.6 is 0 Å². The quantitative estimate of drug-likeness (QED) is 0.537. The summed E-state index contributed by atoms with van der Waals surface area (Å²) in [6.45, 7) is 3.70. The molecule has 0 saturated heterocycles. The molecule has 1 atom stereocenters. The monoisotopic (exact) mass is 481 g/mol. The topological polar surface area (TPSA) is 120 Å². The van der Waals surface area contributed by atoms with Crippen LogP contribution < -0.4 is 10.5 Å². The van der Waals surface area contributed by atoms with Crippen molar-refractivity contribution in [2.24, 2.45) is 11.1 Å². The average molecular weight is 482 g/mol. The van der Waals surface area contributed by atoms with Gasteiger partial charge >= 0.3 is 6.18 Å². The van der Waals surface area contributed by atoms with Crippen molar-refractivity contribution in [1.29, 1.82) is 0 Å².